The Hall–Kier alpha value is -3.09. The molecule has 1 amide bonds. The Labute approximate surface area is 189 Å². The first-order chi connectivity index (χ1) is 15.6. The predicted octanol–water partition coefficient (Wildman–Crippen LogP) is 2.62. The summed E-state index contributed by atoms with van der Waals surface area (Å²) in [4.78, 5) is 15.2. The molecule has 32 heavy (non-hydrogen) atoms. The highest BCUT2D eigenvalue weighted by atomic mass is 16.5. The lowest BCUT2D eigenvalue weighted by atomic mass is 9.74. The number of nitrogens with two attached hydrogens (primary N) is 1. The van der Waals surface area contributed by atoms with Crippen molar-refractivity contribution in [2.75, 3.05) is 19.7 Å². The average molecular weight is 425 g/mol. The van der Waals surface area contributed by atoms with Gasteiger partial charge in [0.05, 0.1) is 6.61 Å². The fraction of sp³-hybridized carbons (Fsp3) is 0.269. The number of amides is 1. The molecule has 1 spiro atoms. The molecule has 2 aliphatic heterocycles. The van der Waals surface area contributed by atoms with Gasteiger partial charge in [-0.2, -0.15) is 0 Å². The van der Waals surface area contributed by atoms with Crippen LogP contribution in [-0.4, -0.2) is 43.0 Å². The number of nitrogens with zero attached hydrogens (tertiary/aromatic N) is 1. The van der Waals surface area contributed by atoms with Crippen molar-refractivity contribution >= 4 is 18.9 Å². The van der Waals surface area contributed by atoms with Crippen molar-refractivity contribution in [3.05, 3.63) is 83.4 Å². The number of carbonyl (C=O) groups is 1. The molecule has 1 saturated heterocycles. The van der Waals surface area contributed by atoms with E-state index >= 15 is 0 Å². The van der Waals surface area contributed by atoms with Gasteiger partial charge in [-0.25, -0.2) is 0 Å². The smallest absolute Gasteiger partial charge is 0.326 e. The molecule has 5 rings (SSSR count). The Morgan fingerprint density at radius 3 is 2.53 bits per heavy atom. The van der Waals surface area contributed by atoms with E-state index in [0.717, 1.165) is 48.2 Å². The van der Waals surface area contributed by atoms with Crippen molar-refractivity contribution < 1.29 is 14.6 Å². The van der Waals surface area contributed by atoms with Crippen LogP contribution >= 0.6 is 0 Å². The zero-order valence-electron chi connectivity index (χ0n) is 18.0. The molecule has 0 atom stereocenters. The molecule has 0 saturated carbocycles. The Kier molecular flexibility index (Phi) is 5.49. The van der Waals surface area contributed by atoms with Gasteiger partial charge in [0.15, 0.2) is 0 Å². The fourth-order valence-electron chi connectivity index (χ4n) is 4.90. The van der Waals surface area contributed by atoms with Gasteiger partial charge in [0, 0.05) is 36.2 Å². The third-order valence-electron chi connectivity index (χ3n) is 6.84. The minimum Gasteiger partial charge on any atom is -0.492 e. The molecule has 161 valence electrons. The second kappa shape index (κ2) is 8.45. The molecular weight excluding hydrogens is 399 g/mol. The molecule has 3 aromatic rings. The van der Waals surface area contributed by atoms with E-state index in [4.69, 9.17) is 10.5 Å². The minimum atomic E-state index is -0.0274. The molecule has 0 unspecified atom stereocenters. The second-order valence-corrected chi connectivity index (χ2v) is 8.73. The molecule has 0 bridgehead atoms. The molecule has 1 radical (unpaired) electrons. The molecule has 6 heteroatoms. The van der Waals surface area contributed by atoms with E-state index in [2.05, 4.69) is 6.07 Å². The van der Waals surface area contributed by atoms with Gasteiger partial charge in [0.2, 0.25) is 0 Å². The highest BCUT2D eigenvalue weighted by Crippen LogP contribution is 2.46. The van der Waals surface area contributed by atoms with E-state index in [-0.39, 0.29) is 11.3 Å². The van der Waals surface area contributed by atoms with E-state index in [1.165, 1.54) is 5.56 Å². The van der Waals surface area contributed by atoms with Crippen molar-refractivity contribution in [3.8, 4) is 16.9 Å². The van der Waals surface area contributed by atoms with Gasteiger partial charge >= 0.3 is 7.48 Å². The summed E-state index contributed by atoms with van der Waals surface area (Å²) < 4.78 is 5.99. The van der Waals surface area contributed by atoms with E-state index in [9.17, 15) is 9.82 Å². The molecule has 3 aromatic carbocycles. The quantitative estimate of drug-likeness (QED) is 0.631. The van der Waals surface area contributed by atoms with E-state index in [1.807, 2.05) is 65.6 Å². The SMILES string of the molecule is NCc1ccc2c(c1)C1(CCN(C(=O)c3cccc(-c4cccc([B]O)c4)c3)CC1)CO2. The van der Waals surface area contributed by atoms with Gasteiger partial charge in [-0.1, -0.05) is 54.0 Å². The highest BCUT2D eigenvalue weighted by molar-refractivity contribution is 6.45. The van der Waals surface area contributed by atoms with Gasteiger partial charge < -0.3 is 20.4 Å². The maximum atomic E-state index is 13.3. The topological polar surface area (TPSA) is 75.8 Å². The van der Waals surface area contributed by atoms with Crippen LogP contribution < -0.4 is 15.9 Å². The molecule has 5 nitrogen and oxygen atoms in total. The lowest BCUT2D eigenvalue weighted by Gasteiger charge is -2.38. The van der Waals surface area contributed by atoms with E-state index < -0.39 is 0 Å². The molecule has 3 N–H and O–H groups in total. The predicted molar refractivity (Wildman–Crippen MR) is 126 cm³/mol. The summed E-state index contributed by atoms with van der Waals surface area (Å²) in [6.45, 7) is 2.59. The summed E-state index contributed by atoms with van der Waals surface area (Å²) in [5.74, 6) is 1.01. The van der Waals surface area contributed by atoms with Crippen LogP contribution in [0.4, 0.5) is 0 Å². The number of hydrogen-bond donors (Lipinski definition) is 2. The Balaban J connectivity index is 1.33. The third kappa shape index (κ3) is 3.70. The zero-order valence-corrected chi connectivity index (χ0v) is 18.0. The first kappa shape index (κ1) is 20.8. The van der Waals surface area contributed by atoms with Crippen LogP contribution in [0.25, 0.3) is 11.1 Å². The van der Waals surface area contributed by atoms with Crippen LogP contribution in [0.5, 0.6) is 5.75 Å². The fourth-order valence-corrected chi connectivity index (χ4v) is 4.90. The summed E-state index contributed by atoms with van der Waals surface area (Å²) in [5.41, 5.74) is 11.5. The lowest BCUT2D eigenvalue weighted by Crippen LogP contribution is -2.46. The van der Waals surface area contributed by atoms with Gasteiger partial charge in [-0.3, -0.25) is 4.79 Å². The van der Waals surface area contributed by atoms with E-state index in [1.54, 1.807) is 0 Å². The molecule has 2 heterocycles. The summed E-state index contributed by atoms with van der Waals surface area (Å²) >= 11 is 0. The monoisotopic (exact) mass is 425 g/mol. The molecule has 2 aliphatic rings. The van der Waals surface area contributed by atoms with Crippen LogP contribution in [0.15, 0.2) is 66.7 Å². The largest absolute Gasteiger partial charge is 0.492 e. The number of rotatable bonds is 4. The number of piperidine rings is 1. The Morgan fingerprint density at radius 2 is 1.78 bits per heavy atom. The first-order valence-corrected chi connectivity index (χ1v) is 11.1. The van der Waals surface area contributed by atoms with Crippen LogP contribution in [0.3, 0.4) is 0 Å². The second-order valence-electron chi connectivity index (χ2n) is 8.73. The minimum absolute atomic E-state index is 0.0274. The summed E-state index contributed by atoms with van der Waals surface area (Å²) in [6.07, 6.45) is 1.77. The molecule has 0 aliphatic carbocycles. The van der Waals surface area contributed by atoms with Gasteiger partial charge in [-0.05, 0) is 47.7 Å². The number of fused-ring (bicyclic) bond motifs is 2. The van der Waals surface area contributed by atoms with Crippen LogP contribution in [0.1, 0.15) is 34.3 Å². The van der Waals surface area contributed by atoms with Crippen LogP contribution in [0.2, 0.25) is 0 Å². The van der Waals surface area contributed by atoms with Crippen LogP contribution in [0, 0.1) is 0 Å². The third-order valence-corrected chi connectivity index (χ3v) is 6.84. The maximum Gasteiger partial charge on any atom is 0.326 e. The first-order valence-electron chi connectivity index (χ1n) is 11.1. The van der Waals surface area contributed by atoms with Crippen LogP contribution in [-0.2, 0) is 12.0 Å². The normalized spacial score (nSPS) is 16.5. The number of ether oxygens (including phenoxy) is 1. The number of carbonyl (C=O) groups excluding carboxylic acids is 1. The van der Waals surface area contributed by atoms with Gasteiger partial charge in [-0.15, -0.1) is 0 Å². The molecule has 1 fully saturated rings. The van der Waals surface area contributed by atoms with Crippen molar-refractivity contribution in [2.24, 2.45) is 5.73 Å². The van der Waals surface area contributed by atoms with Crippen molar-refractivity contribution in [3.63, 3.8) is 0 Å². The molecule has 0 aromatic heterocycles. The highest BCUT2D eigenvalue weighted by Gasteiger charge is 2.43. The van der Waals surface area contributed by atoms with Crippen molar-refractivity contribution in [2.45, 2.75) is 24.8 Å². The molecular formula is C26H26BN2O3. The van der Waals surface area contributed by atoms with E-state index in [0.29, 0.717) is 31.8 Å². The summed E-state index contributed by atoms with van der Waals surface area (Å²) in [7, 11) is 1.09. The lowest BCUT2D eigenvalue weighted by molar-refractivity contribution is 0.0646. The number of hydrogen-bond acceptors (Lipinski definition) is 4. The van der Waals surface area contributed by atoms with Crippen molar-refractivity contribution in [1.82, 2.24) is 4.90 Å². The maximum absolute atomic E-state index is 13.3. The van der Waals surface area contributed by atoms with Gasteiger partial charge in [0.1, 0.15) is 5.75 Å². The average Bonchev–Trinajstić information content (AvgIpc) is 3.21. The standard InChI is InChI=1S/C26H26BN2O3/c28-16-18-7-8-24-23(13-18)26(17-32-24)9-11-29(12-10-26)25(30)21-5-1-3-19(14-21)20-4-2-6-22(15-20)27-31/h1-8,13-15,31H,9-12,16-17,28H2. The van der Waals surface area contributed by atoms with Gasteiger partial charge in [0.25, 0.3) is 5.91 Å². The Morgan fingerprint density at radius 1 is 1.03 bits per heavy atom. The summed E-state index contributed by atoms with van der Waals surface area (Å²) in [5, 5.41) is 9.30. The summed E-state index contributed by atoms with van der Waals surface area (Å²) in [6, 6.07) is 21.6. The Bertz CT molecular complexity index is 1160. The van der Waals surface area contributed by atoms with Crippen molar-refractivity contribution in [1.29, 1.82) is 0 Å². The number of likely N-dealkylation sites (tertiary alicyclic amines) is 1. The number of benzene rings is 3. The zero-order chi connectivity index (χ0) is 22.1.